The first-order valence-corrected chi connectivity index (χ1v) is 9.58. The smallest absolute Gasteiger partial charge is 0.261 e. The van der Waals surface area contributed by atoms with Crippen LogP contribution in [0.5, 0.6) is 0 Å². The molecule has 0 aliphatic rings. The minimum Gasteiger partial charge on any atom is -0.352 e. The lowest BCUT2D eigenvalue weighted by atomic mass is 10.2. The summed E-state index contributed by atoms with van der Waals surface area (Å²) in [6.45, 7) is 1.39. The fourth-order valence-electron chi connectivity index (χ4n) is 2.23. The van der Waals surface area contributed by atoms with E-state index >= 15 is 0 Å². The average molecular weight is 379 g/mol. The van der Waals surface area contributed by atoms with Crippen LogP contribution in [-0.4, -0.2) is 46.4 Å². The van der Waals surface area contributed by atoms with Crippen LogP contribution in [0.15, 0.2) is 53.4 Å². The molecule has 8 heteroatoms. The summed E-state index contributed by atoms with van der Waals surface area (Å²) in [6, 6.07) is 11.0. The molecule has 2 aromatic carbocycles. The molecule has 0 atom stereocenters. The Morgan fingerprint density at radius 2 is 1.73 bits per heavy atom. The summed E-state index contributed by atoms with van der Waals surface area (Å²) in [5, 5.41) is 2.78. The highest BCUT2D eigenvalue weighted by molar-refractivity contribution is 7.92. The van der Waals surface area contributed by atoms with Crippen molar-refractivity contribution in [1.29, 1.82) is 0 Å². The van der Waals surface area contributed by atoms with Crippen LogP contribution in [-0.2, 0) is 10.0 Å². The minimum atomic E-state index is -3.94. The number of carbonyl (C=O) groups is 1. The maximum absolute atomic E-state index is 13.6. The van der Waals surface area contributed by atoms with Gasteiger partial charge in [0.2, 0.25) is 0 Å². The number of nitrogens with zero attached hydrogens (tertiary/aromatic N) is 1. The fourth-order valence-corrected chi connectivity index (χ4v) is 3.30. The molecular weight excluding hydrogens is 357 g/mol. The number of hydrogen-bond acceptors (Lipinski definition) is 4. The fraction of sp³-hybridized carbons (Fsp3) is 0.278. The number of hydrogen-bond donors (Lipinski definition) is 2. The van der Waals surface area contributed by atoms with Crippen LogP contribution in [0.4, 0.5) is 10.1 Å². The molecule has 2 aromatic rings. The lowest BCUT2D eigenvalue weighted by Gasteiger charge is -2.11. The zero-order chi connectivity index (χ0) is 19.2. The largest absolute Gasteiger partial charge is 0.352 e. The van der Waals surface area contributed by atoms with Crippen LogP contribution in [0, 0.1) is 5.82 Å². The van der Waals surface area contributed by atoms with Crippen LogP contribution in [0.3, 0.4) is 0 Å². The Hall–Kier alpha value is -2.45. The highest BCUT2D eigenvalue weighted by Gasteiger charge is 2.16. The number of benzene rings is 2. The van der Waals surface area contributed by atoms with E-state index in [9.17, 15) is 17.6 Å². The summed E-state index contributed by atoms with van der Waals surface area (Å²) in [5.41, 5.74) is 0.231. The zero-order valence-corrected chi connectivity index (χ0v) is 15.5. The number of nitrogens with one attached hydrogen (secondary N) is 2. The highest BCUT2D eigenvalue weighted by atomic mass is 32.2. The van der Waals surface area contributed by atoms with Crippen molar-refractivity contribution in [3.63, 3.8) is 0 Å². The number of amides is 1. The van der Waals surface area contributed by atoms with Crippen molar-refractivity contribution in [1.82, 2.24) is 10.2 Å². The van der Waals surface area contributed by atoms with Crippen LogP contribution in [0.25, 0.3) is 0 Å². The standard InChI is InChI=1S/C18H22FN3O3S/c1-22(2)13-5-12-20-18(23)14-8-10-15(11-9-14)26(24,25)21-17-7-4-3-6-16(17)19/h3-4,6-11,21H,5,12-13H2,1-2H3,(H,20,23). The first-order chi connectivity index (χ1) is 12.3. The Kier molecular flexibility index (Phi) is 6.70. The van der Waals surface area contributed by atoms with Gasteiger partial charge in [-0.15, -0.1) is 0 Å². The maximum Gasteiger partial charge on any atom is 0.261 e. The summed E-state index contributed by atoms with van der Waals surface area (Å²) < 4.78 is 40.5. The Balaban J connectivity index is 2.01. The van der Waals surface area contributed by atoms with E-state index in [0.717, 1.165) is 13.0 Å². The molecule has 1 amide bonds. The van der Waals surface area contributed by atoms with E-state index in [0.29, 0.717) is 12.1 Å². The molecule has 2 rings (SSSR count). The van der Waals surface area contributed by atoms with E-state index in [4.69, 9.17) is 0 Å². The van der Waals surface area contributed by atoms with Gasteiger partial charge in [-0.25, -0.2) is 12.8 Å². The van der Waals surface area contributed by atoms with Crippen LogP contribution in [0.1, 0.15) is 16.8 Å². The van der Waals surface area contributed by atoms with Crippen LogP contribution in [0.2, 0.25) is 0 Å². The van der Waals surface area contributed by atoms with Crippen molar-refractivity contribution in [2.75, 3.05) is 31.9 Å². The number of carbonyl (C=O) groups excluding carboxylic acids is 1. The maximum atomic E-state index is 13.6. The summed E-state index contributed by atoms with van der Waals surface area (Å²) in [7, 11) is -0.0266. The second-order valence-corrected chi connectivity index (χ2v) is 7.70. The van der Waals surface area contributed by atoms with Crippen molar-refractivity contribution >= 4 is 21.6 Å². The van der Waals surface area contributed by atoms with Crippen molar-refractivity contribution in [2.45, 2.75) is 11.3 Å². The molecule has 0 spiro atoms. The van der Waals surface area contributed by atoms with Gasteiger partial charge in [0.05, 0.1) is 10.6 Å². The molecular formula is C18H22FN3O3S. The Bertz CT molecular complexity index is 852. The van der Waals surface area contributed by atoms with Crippen molar-refractivity contribution in [2.24, 2.45) is 0 Å². The molecule has 0 aromatic heterocycles. The van der Waals surface area contributed by atoms with Gasteiger partial charge in [-0.05, 0) is 63.5 Å². The van der Waals surface area contributed by atoms with Crippen LogP contribution >= 0.6 is 0 Å². The molecule has 2 N–H and O–H groups in total. The third-order valence-corrected chi connectivity index (χ3v) is 4.99. The van der Waals surface area contributed by atoms with Crippen molar-refractivity contribution < 1.29 is 17.6 Å². The predicted octanol–water partition coefficient (Wildman–Crippen LogP) is 2.31. The van der Waals surface area contributed by atoms with E-state index in [1.807, 2.05) is 19.0 Å². The monoisotopic (exact) mass is 379 g/mol. The first kappa shape index (κ1) is 19.9. The number of anilines is 1. The Morgan fingerprint density at radius 1 is 1.08 bits per heavy atom. The topological polar surface area (TPSA) is 78.5 Å². The number of para-hydroxylation sites is 1. The predicted molar refractivity (Wildman–Crippen MR) is 99.2 cm³/mol. The summed E-state index contributed by atoms with van der Waals surface area (Å²) in [4.78, 5) is 14.0. The van der Waals surface area contributed by atoms with E-state index in [1.54, 1.807) is 0 Å². The molecule has 0 fully saturated rings. The van der Waals surface area contributed by atoms with Gasteiger partial charge in [-0.2, -0.15) is 0 Å². The lowest BCUT2D eigenvalue weighted by Crippen LogP contribution is -2.27. The van der Waals surface area contributed by atoms with Crippen molar-refractivity contribution in [3.8, 4) is 0 Å². The van der Waals surface area contributed by atoms with Gasteiger partial charge >= 0.3 is 0 Å². The quantitative estimate of drug-likeness (QED) is 0.690. The van der Waals surface area contributed by atoms with Gasteiger partial charge in [0.15, 0.2) is 0 Å². The van der Waals surface area contributed by atoms with Gasteiger partial charge in [0.1, 0.15) is 5.82 Å². The molecule has 0 saturated carbocycles. The van der Waals surface area contributed by atoms with E-state index in [-0.39, 0.29) is 16.5 Å². The van der Waals surface area contributed by atoms with E-state index in [1.165, 1.54) is 48.5 Å². The molecule has 0 aliphatic carbocycles. The lowest BCUT2D eigenvalue weighted by molar-refractivity contribution is 0.0952. The molecule has 140 valence electrons. The molecule has 0 unspecified atom stereocenters. The van der Waals surface area contributed by atoms with Gasteiger partial charge < -0.3 is 10.2 Å². The summed E-state index contributed by atoms with van der Waals surface area (Å²) >= 11 is 0. The first-order valence-electron chi connectivity index (χ1n) is 8.10. The molecule has 0 saturated heterocycles. The SMILES string of the molecule is CN(C)CCCNC(=O)c1ccc(S(=O)(=O)Nc2ccccc2F)cc1. The van der Waals surface area contributed by atoms with Crippen molar-refractivity contribution in [3.05, 3.63) is 59.9 Å². The van der Waals surface area contributed by atoms with Gasteiger partial charge in [-0.3, -0.25) is 9.52 Å². The van der Waals surface area contributed by atoms with Gasteiger partial charge in [-0.1, -0.05) is 12.1 Å². The van der Waals surface area contributed by atoms with Gasteiger partial charge in [0.25, 0.3) is 15.9 Å². The second kappa shape index (κ2) is 8.77. The third kappa shape index (κ3) is 5.53. The van der Waals surface area contributed by atoms with Gasteiger partial charge in [0, 0.05) is 12.1 Å². The molecule has 0 aliphatic heterocycles. The number of rotatable bonds is 8. The Morgan fingerprint density at radius 3 is 2.35 bits per heavy atom. The average Bonchev–Trinajstić information content (AvgIpc) is 2.60. The third-order valence-electron chi connectivity index (χ3n) is 3.61. The summed E-state index contributed by atoms with van der Waals surface area (Å²) in [6.07, 6.45) is 0.817. The van der Waals surface area contributed by atoms with Crippen LogP contribution < -0.4 is 10.0 Å². The Labute approximate surface area is 153 Å². The highest BCUT2D eigenvalue weighted by Crippen LogP contribution is 2.19. The molecule has 0 bridgehead atoms. The van der Waals surface area contributed by atoms with E-state index < -0.39 is 15.8 Å². The number of sulfonamides is 1. The minimum absolute atomic E-state index is 0.0510. The molecule has 26 heavy (non-hydrogen) atoms. The molecule has 0 heterocycles. The van der Waals surface area contributed by atoms with E-state index in [2.05, 4.69) is 10.0 Å². The molecule has 0 radical (unpaired) electrons. The second-order valence-electron chi connectivity index (χ2n) is 6.02. The summed E-state index contributed by atoms with van der Waals surface area (Å²) in [5.74, 6) is -0.931. The zero-order valence-electron chi connectivity index (χ0n) is 14.7. The normalized spacial score (nSPS) is 11.4. The number of halogens is 1. The molecule has 6 nitrogen and oxygen atoms in total.